The number of halogens is 1. The number of nitrogens with one attached hydrogen (secondary N) is 2. The van der Waals surface area contributed by atoms with Crippen LogP contribution in [-0.2, 0) is 4.79 Å². The van der Waals surface area contributed by atoms with E-state index >= 15 is 0 Å². The zero-order valence-corrected chi connectivity index (χ0v) is 17.8. The van der Waals surface area contributed by atoms with E-state index in [9.17, 15) is 9.18 Å². The predicted molar refractivity (Wildman–Crippen MR) is 121 cm³/mol. The first kappa shape index (κ1) is 20.3. The number of carbonyl (C=O) groups excluding carboxylic acids is 1. The van der Waals surface area contributed by atoms with E-state index in [1.807, 2.05) is 5.38 Å². The number of nitrogens with zero attached hydrogens (tertiary/aromatic N) is 6. The molecular formula is C20H20FN9OS. The first-order valence-corrected chi connectivity index (χ1v) is 10.9. The van der Waals surface area contributed by atoms with Gasteiger partial charge in [0.25, 0.3) is 0 Å². The Labute approximate surface area is 186 Å². The molecule has 10 nitrogen and oxygen atoms in total. The number of amides is 1. The summed E-state index contributed by atoms with van der Waals surface area (Å²) >= 11 is 1.39. The highest BCUT2D eigenvalue weighted by molar-refractivity contribution is 7.13. The molecule has 1 amide bonds. The summed E-state index contributed by atoms with van der Waals surface area (Å²) in [6.45, 7) is 2.99. The van der Waals surface area contributed by atoms with E-state index in [2.05, 4.69) is 40.0 Å². The lowest BCUT2D eigenvalue weighted by Gasteiger charge is -2.34. The van der Waals surface area contributed by atoms with Crippen molar-refractivity contribution in [1.82, 2.24) is 29.8 Å². The van der Waals surface area contributed by atoms with Crippen LogP contribution in [0.1, 0.15) is 0 Å². The normalized spacial score (nSPS) is 14.7. The van der Waals surface area contributed by atoms with Crippen LogP contribution in [0.15, 0.2) is 35.8 Å². The quantitative estimate of drug-likeness (QED) is 0.418. The van der Waals surface area contributed by atoms with E-state index in [0.717, 1.165) is 5.56 Å². The van der Waals surface area contributed by atoms with Crippen molar-refractivity contribution in [2.75, 3.05) is 48.7 Å². The number of benzene rings is 1. The van der Waals surface area contributed by atoms with Crippen LogP contribution in [0.5, 0.6) is 0 Å². The number of nitrogens with two attached hydrogens (primary N) is 1. The van der Waals surface area contributed by atoms with E-state index in [1.165, 1.54) is 23.5 Å². The van der Waals surface area contributed by atoms with Gasteiger partial charge in [-0.05, 0) is 24.3 Å². The summed E-state index contributed by atoms with van der Waals surface area (Å²) in [5, 5.41) is 5.22. The molecule has 0 spiro atoms. The van der Waals surface area contributed by atoms with E-state index in [0.29, 0.717) is 60.7 Å². The van der Waals surface area contributed by atoms with Crippen molar-refractivity contribution in [2.24, 2.45) is 0 Å². The molecule has 12 heteroatoms. The lowest BCUT2D eigenvalue weighted by atomic mass is 10.2. The number of carbonyl (C=O) groups is 1. The summed E-state index contributed by atoms with van der Waals surface area (Å²) in [6, 6.07) is 6.07. The molecule has 1 aliphatic rings. The van der Waals surface area contributed by atoms with E-state index < -0.39 is 0 Å². The van der Waals surface area contributed by atoms with Gasteiger partial charge in [-0.25, -0.2) is 14.4 Å². The minimum atomic E-state index is -0.312. The molecular weight excluding hydrogens is 433 g/mol. The zero-order valence-electron chi connectivity index (χ0n) is 17.0. The van der Waals surface area contributed by atoms with Crippen LogP contribution in [0.25, 0.3) is 22.6 Å². The molecule has 1 fully saturated rings. The standard InChI is InChI=1S/C20H20FN9OS/c21-13-3-1-12(2-4-13)16-25-15-17(26-16)27-19(22)28-18(15)30-8-6-29(7-9-30)11-14(31)24-20-23-5-10-32-20/h1-5,10H,6-9,11H2,(H,23,24,31)(H3,22,25,26,27,28). The fraction of sp³-hybridized carbons (Fsp3) is 0.250. The van der Waals surface area contributed by atoms with Crippen LogP contribution >= 0.6 is 11.3 Å². The van der Waals surface area contributed by atoms with Crippen molar-refractivity contribution in [3.05, 3.63) is 41.7 Å². The van der Waals surface area contributed by atoms with Gasteiger partial charge in [0.15, 0.2) is 22.1 Å². The molecule has 0 unspecified atom stereocenters. The molecule has 3 aromatic heterocycles. The molecule has 0 aliphatic carbocycles. The first-order valence-electron chi connectivity index (χ1n) is 10.0. The number of H-pyrrole nitrogens is 1. The van der Waals surface area contributed by atoms with Gasteiger partial charge in [-0.15, -0.1) is 11.3 Å². The molecule has 5 rings (SSSR count). The summed E-state index contributed by atoms with van der Waals surface area (Å²) in [7, 11) is 0. The van der Waals surface area contributed by atoms with Gasteiger partial charge in [-0.2, -0.15) is 9.97 Å². The smallest absolute Gasteiger partial charge is 0.240 e. The van der Waals surface area contributed by atoms with Gasteiger partial charge in [-0.1, -0.05) is 0 Å². The summed E-state index contributed by atoms with van der Waals surface area (Å²) < 4.78 is 13.3. The van der Waals surface area contributed by atoms with Gasteiger partial charge in [0.2, 0.25) is 11.9 Å². The average Bonchev–Trinajstić information content (AvgIpc) is 3.44. The van der Waals surface area contributed by atoms with Crippen LogP contribution < -0.4 is 16.0 Å². The SMILES string of the molecule is Nc1nc(N2CCN(CC(=O)Nc3nccs3)CC2)c2nc(-c3ccc(F)cc3)[nH]c2n1. The van der Waals surface area contributed by atoms with Crippen molar-refractivity contribution in [3.63, 3.8) is 0 Å². The molecule has 164 valence electrons. The highest BCUT2D eigenvalue weighted by Gasteiger charge is 2.24. The van der Waals surface area contributed by atoms with Gasteiger partial charge < -0.3 is 20.9 Å². The number of piperazine rings is 1. The van der Waals surface area contributed by atoms with Crippen LogP contribution in [-0.4, -0.2) is 68.5 Å². The third-order valence-corrected chi connectivity index (χ3v) is 5.87. The van der Waals surface area contributed by atoms with Gasteiger partial charge in [-0.3, -0.25) is 9.69 Å². The predicted octanol–water partition coefficient (Wildman–Crippen LogP) is 1.96. The highest BCUT2D eigenvalue weighted by Crippen LogP contribution is 2.27. The number of hydrogen-bond donors (Lipinski definition) is 3. The molecule has 4 heterocycles. The Bertz CT molecular complexity index is 1230. The van der Waals surface area contributed by atoms with Crippen molar-refractivity contribution in [2.45, 2.75) is 0 Å². The Morgan fingerprint density at radius 1 is 1.16 bits per heavy atom. The van der Waals surface area contributed by atoms with Gasteiger partial charge in [0, 0.05) is 43.3 Å². The second kappa shape index (κ2) is 8.48. The molecule has 1 aromatic carbocycles. The molecule has 4 aromatic rings. The molecule has 0 bridgehead atoms. The number of imidazole rings is 1. The fourth-order valence-electron chi connectivity index (χ4n) is 3.63. The molecule has 1 aliphatic heterocycles. The maximum absolute atomic E-state index is 13.3. The Morgan fingerprint density at radius 2 is 1.94 bits per heavy atom. The average molecular weight is 454 g/mol. The lowest BCUT2D eigenvalue weighted by Crippen LogP contribution is -2.49. The monoisotopic (exact) mass is 453 g/mol. The van der Waals surface area contributed by atoms with Crippen molar-refractivity contribution >= 4 is 45.3 Å². The third kappa shape index (κ3) is 4.22. The number of nitrogen functional groups attached to an aromatic ring is 1. The maximum Gasteiger partial charge on any atom is 0.240 e. The topological polar surface area (TPSA) is 129 Å². The van der Waals surface area contributed by atoms with Gasteiger partial charge >= 0.3 is 0 Å². The highest BCUT2D eigenvalue weighted by atomic mass is 32.1. The number of aromatic amines is 1. The minimum absolute atomic E-state index is 0.0849. The minimum Gasteiger partial charge on any atom is -0.368 e. The van der Waals surface area contributed by atoms with Crippen molar-refractivity contribution in [3.8, 4) is 11.4 Å². The number of fused-ring (bicyclic) bond motifs is 1. The molecule has 0 radical (unpaired) electrons. The Kier molecular flexibility index (Phi) is 5.37. The number of rotatable bonds is 5. The van der Waals surface area contributed by atoms with Crippen molar-refractivity contribution in [1.29, 1.82) is 0 Å². The second-order valence-electron chi connectivity index (χ2n) is 7.34. The Hall–Kier alpha value is -3.64. The maximum atomic E-state index is 13.3. The number of anilines is 3. The number of thiazole rings is 1. The Morgan fingerprint density at radius 3 is 2.66 bits per heavy atom. The molecule has 1 saturated heterocycles. The van der Waals surface area contributed by atoms with Gasteiger partial charge in [0.1, 0.15) is 11.6 Å². The molecule has 0 atom stereocenters. The number of aromatic nitrogens is 5. The molecule has 0 saturated carbocycles. The summed E-state index contributed by atoms with van der Waals surface area (Å²) in [4.78, 5) is 37.0. The second-order valence-corrected chi connectivity index (χ2v) is 8.24. The summed E-state index contributed by atoms with van der Waals surface area (Å²) in [6.07, 6.45) is 1.66. The fourth-order valence-corrected chi connectivity index (χ4v) is 4.18. The van der Waals surface area contributed by atoms with E-state index in [1.54, 1.807) is 18.3 Å². The zero-order chi connectivity index (χ0) is 22.1. The largest absolute Gasteiger partial charge is 0.368 e. The van der Waals surface area contributed by atoms with E-state index in [-0.39, 0.29) is 17.7 Å². The van der Waals surface area contributed by atoms with Crippen LogP contribution in [0, 0.1) is 5.82 Å². The van der Waals surface area contributed by atoms with Crippen LogP contribution in [0.2, 0.25) is 0 Å². The van der Waals surface area contributed by atoms with E-state index in [4.69, 9.17) is 5.73 Å². The first-order chi connectivity index (χ1) is 15.5. The van der Waals surface area contributed by atoms with Crippen LogP contribution in [0.4, 0.5) is 21.3 Å². The van der Waals surface area contributed by atoms with Crippen molar-refractivity contribution < 1.29 is 9.18 Å². The molecule has 32 heavy (non-hydrogen) atoms. The summed E-state index contributed by atoms with van der Waals surface area (Å²) in [5.74, 6) is 0.959. The lowest BCUT2D eigenvalue weighted by molar-refractivity contribution is -0.117. The third-order valence-electron chi connectivity index (χ3n) is 5.18. The van der Waals surface area contributed by atoms with Crippen LogP contribution in [0.3, 0.4) is 0 Å². The number of hydrogen-bond acceptors (Lipinski definition) is 9. The van der Waals surface area contributed by atoms with Gasteiger partial charge in [0.05, 0.1) is 6.54 Å². The Balaban J connectivity index is 1.30. The molecule has 4 N–H and O–H groups in total. The summed E-state index contributed by atoms with van der Waals surface area (Å²) in [5.41, 5.74) is 7.81.